The SMILES string of the molecule is CC1CCCCCC1NC(=O)C(C)(N)C1CC1. The quantitative estimate of drug-likeness (QED) is 0.741. The van der Waals surface area contributed by atoms with E-state index in [2.05, 4.69) is 12.2 Å². The Morgan fingerprint density at radius 3 is 2.47 bits per heavy atom. The van der Waals surface area contributed by atoms with Crippen LogP contribution >= 0.6 is 0 Å². The standard InChI is InChI=1S/C14H26N2O/c1-10-6-4-3-5-7-12(10)16-13(17)14(2,15)11-8-9-11/h10-12H,3-9,15H2,1-2H3,(H,16,17). The predicted octanol–water partition coefficient (Wildman–Crippen LogP) is 2.20. The van der Waals surface area contributed by atoms with Gasteiger partial charge in [0.2, 0.25) is 5.91 Å². The van der Waals surface area contributed by atoms with Crippen LogP contribution in [0.15, 0.2) is 0 Å². The molecule has 3 nitrogen and oxygen atoms in total. The Kier molecular flexibility index (Phi) is 3.76. The van der Waals surface area contributed by atoms with Gasteiger partial charge in [0.25, 0.3) is 0 Å². The van der Waals surface area contributed by atoms with Gasteiger partial charge in [-0.25, -0.2) is 0 Å². The highest BCUT2D eigenvalue weighted by Gasteiger charge is 2.44. The lowest BCUT2D eigenvalue weighted by molar-refractivity contribution is -0.127. The van der Waals surface area contributed by atoms with Gasteiger partial charge in [0, 0.05) is 6.04 Å². The average molecular weight is 238 g/mol. The van der Waals surface area contributed by atoms with Gasteiger partial charge >= 0.3 is 0 Å². The molecule has 0 aliphatic heterocycles. The van der Waals surface area contributed by atoms with Gasteiger partial charge in [-0.2, -0.15) is 0 Å². The van der Waals surface area contributed by atoms with Crippen molar-refractivity contribution in [3.8, 4) is 0 Å². The largest absolute Gasteiger partial charge is 0.352 e. The van der Waals surface area contributed by atoms with Crippen LogP contribution in [-0.2, 0) is 4.79 Å². The summed E-state index contributed by atoms with van der Waals surface area (Å²) in [6, 6.07) is 0.339. The Hall–Kier alpha value is -0.570. The predicted molar refractivity (Wildman–Crippen MR) is 69.5 cm³/mol. The zero-order chi connectivity index (χ0) is 12.5. The van der Waals surface area contributed by atoms with Crippen molar-refractivity contribution in [2.45, 2.75) is 70.4 Å². The summed E-state index contributed by atoms with van der Waals surface area (Å²) in [7, 11) is 0. The first-order valence-electron chi connectivity index (χ1n) is 7.11. The fraction of sp³-hybridized carbons (Fsp3) is 0.929. The van der Waals surface area contributed by atoms with Crippen LogP contribution in [-0.4, -0.2) is 17.5 Å². The second-order valence-electron chi connectivity index (χ2n) is 6.25. The van der Waals surface area contributed by atoms with Gasteiger partial charge in [-0.15, -0.1) is 0 Å². The first kappa shape index (κ1) is 12.9. The van der Waals surface area contributed by atoms with Crippen LogP contribution in [0.1, 0.15) is 58.8 Å². The molecular weight excluding hydrogens is 212 g/mol. The van der Waals surface area contributed by atoms with Crippen molar-refractivity contribution >= 4 is 5.91 Å². The third-order valence-electron chi connectivity index (χ3n) is 4.59. The second-order valence-corrected chi connectivity index (χ2v) is 6.25. The number of nitrogens with one attached hydrogen (secondary N) is 1. The van der Waals surface area contributed by atoms with Gasteiger partial charge in [0.05, 0.1) is 5.54 Å². The first-order valence-corrected chi connectivity index (χ1v) is 7.11. The summed E-state index contributed by atoms with van der Waals surface area (Å²) >= 11 is 0. The van der Waals surface area contributed by atoms with Crippen LogP contribution in [0.3, 0.4) is 0 Å². The van der Waals surface area contributed by atoms with Crippen molar-refractivity contribution in [3.63, 3.8) is 0 Å². The third kappa shape index (κ3) is 3.01. The molecule has 0 aromatic heterocycles. The molecule has 3 atom stereocenters. The molecule has 2 rings (SSSR count). The molecule has 1 amide bonds. The maximum Gasteiger partial charge on any atom is 0.240 e. The molecule has 0 heterocycles. The molecule has 3 N–H and O–H groups in total. The summed E-state index contributed by atoms with van der Waals surface area (Å²) in [5.41, 5.74) is 5.51. The van der Waals surface area contributed by atoms with E-state index in [0.717, 1.165) is 19.3 Å². The molecule has 2 aliphatic rings. The molecule has 2 fully saturated rings. The minimum Gasteiger partial charge on any atom is -0.352 e. The van der Waals surface area contributed by atoms with Gasteiger partial charge in [-0.3, -0.25) is 4.79 Å². The summed E-state index contributed by atoms with van der Waals surface area (Å²) < 4.78 is 0. The maximum absolute atomic E-state index is 12.2. The zero-order valence-corrected chi connectivity index (χ0v) is 11.2. The van der Waals surface area contributed by atoms with E-state index in [-0.39, 0.29) is 5.91 Å². The van der Waals surface area contributed by atoms with Gasteiger partial charge in [0.1, 0.15) is 0 Å². The van der Waals surface area contributed by atoms with E-state index in [4.69, 9.17) is 5.73 Å². The average Bonchev–Trinajstić information content (AvgIpc) is 3.08. The van der Waals surface area contributed by atoms with Crippen LogP contribution in [0.25, 0.3) is 0 Å². The fourth-order valence-electron chi connectivity index (χ4n) is 2.90. The van der Waals surface area contributed by atoms with E-state index in [1.165, 1.54) is 25.7 Å². The summed E-state index contributed by atoms with van der Waals surface area (Å²) in [5.74, 6) is 1.07. The molecule has 0 spiro atoms. The smallest absolute Gasteiger partial charge is 0.240 e. The highest BCUT2D eigenvalue weighted by Crippen LogP contribution is 2.38. The number of carbonyl (C=O) groups is 1. The molecule has 0 bridgehead atoms. The molecule has 0 aromatic rings. The van der Waals surface area contributed by atoms with Crippen LogP contribution in [0.2, 0.25) is 0 Å². The first-order chi connectivity index (χ1) is 8.01. The van der Waals surface area contributed by atoms with Crippen LogP contribution < -0.4 is 11.1 Å². The molecule has 2 saturated carbocycles. The number of hydrogen-bond donors (Lipinski definition) is 2. The molecule has 2 aliphatic carbocycles. The number of nitrogens with two attached hydrogens (primary N) is 1. The van der Waals surface area contributed by atoms with E-state index in [9.17, 15) is 4.79 Å². The lowest BCUT2D eigenvalue weighted by atomic mass is 9.92. The zero-order valence-electron chi connectivity index (χ0n) is 11.2. The topological polar surface area (TPSA) is 55.1 Å². The van der Waals surface area contributed by atoms with E-state index in [0.29, 0.717) is 17.9 Å². The highest BCUT2D eigenvalue weighted by molar-refractivity contribution is 5.86. The summed E-state index contributed by atoms with van der Waals surface area (Å²) in [4.78, 5) is 12.2. The Bertz CT molecular complexity index is 284. The summed E-state index contributed by atoms with van der Waals surface area (Å²) in [6.45, 7) is 4.14. The normalized spacial score (nSPS) is 33.6. The Morgan fingerprint density at radius 2 is 1.82 bits per heavy atom. The summed E-state index contributed by atoms with van der Waals surface area (Å²) in [6.07, 6.45) is 8.42. The molecule has 0 aromatic carbocycles. The van der Waals surface area contributed by atoms with Gasteiger partial charge in [-0.05, 0) is 44.4 Å². The molecule has 3 unspecified atom stereocenters. The van der Waals surface area contributed by atoms with E-state index in [1.807, 2.05) is 6.92 Å². The summed E-state index contributed by atoms with van der Waals surface area (Å²) in [5, 5.41) is 3.21. The second kappa shape index (κ2) is 4.97. The number of carbonyl (C=O) groups excluding carboxylic acids is 1. The van der Waals surface area contributed by atoms with Crippen molar-refractivity contribution in [2.75, 3.05) is 0 Å². The number of rotatable bonds is 3. The van der Waals surface area contributed by atoms with Crippen molar-refractivity contribution < 1.29 is 4.79 Å². The molecule has 17 heavy (non-hydrogen) atoms. The van der Waals surface area contributed by atoms with Gasteiger partial charge < -0.3 is 11.1 Å². The Morgan fingerprint density at radius 1 is 1.18 bits per heavy atom. The van der Waals surface area contributed by atoms with Gasteiger partial charge in [0.15, 0.2) is 0 Å². The van der Waals surface area contributed by atoms with Crippen molar-refractivity contribution in [1.29, 1.82) is 0 Å². The van der Waals surface area contributed by atoms with E-state index in [1.54, 1.807) is 0 Å². The lowest BCUT2D eigenvalue weighted by Gasteiger charge is -2.29. The lowest BCUT2D eigenvalue weighted by Crippen LogP contribution is -2.56. The Balaban J connectivity index is 1.92. The van der Waals surface area contributed by atoms with Crippen molar-refractivity contribution in [2.24, 2.45) is 17.6 Å². The molecule has 3 heteroatoms. The maximum atomic E-state index is 12.2. The third-order valence-corrected chi connectivity index (χ3v) is 4.59. The van der Waals surface area contributed by atoms with Crippen LogP contribution in [0, 0.1) is 11.8 Å². The molecule has 98 valence electrons. The Labute approximate surface area is 105 Å². The highest BCUT2D eigenvalue weighted by atomic mass is 16.2. The van der Waals surface area contributed by atoms with E-state index < -0.39 is 5.54 Å². The monoisotopic (exact) mass is 238 g/mol. The van der Waals surface area contributed by atoms with E-state index >= 15 is 0 Å². The molecule has 0 saturated heterocycles. The van der Waals surface area contributed by atoms with Crippen molar-refractivity contribution in [1.82, 2.24) is 5.32 Å². The van der Waals surface area contributed by atoms with Crippen molar-refractivity contribution in [3.05, 3.63) is 0 Å². The molecular formula is C14H26N2O. The van der Waals surface area contributed by atoms with Crippen LogP contribution in [0.5, 0.6) is 0 Å². The minimum atomic E-state index is -0.647. The van der Waals surface area contributed by atoms with Crippen LogP contribution in [0.4, 0.5) is 0 Å². The minimum absolute atomic E-state index is 0.0683. The number of amides is 1. The van der Waals surface area contributed by atoms with Gasteiger partial charge in [-0.1, -0.05) is 26.2 Å². The fourth-order valence-corrected chi connectivity index (χ4v) is 2.90. The number of hydrogen-bond acceptors (Lipinski definition) is 2. The molecule has 0 radical (unpaired) electrons.